The van der Waals surface area contributed by atoms with Crippen LogP contribution < -0.4 is 0 Å². The SMILES string of the molecule is CCCC1CCC([C@H]2CC[C@H](C(F)(F)C(F)(F)C(F)(F)C(F)(F)C(F)(F)C(F)(F)F)CC2)CC1. The van der Waals surface area contributed by atoms with Gasteiger partial charge in [-0.2, -0.15) is 57.1 Å². The van der Waals surface area contributed by atoms with E-state index in [2.05, 4.69) is 0 Å². The van der Waals surface area contributed by atoms with Crippen molar-refractivity contribution in [3.8, 4) is 0 Å². The van der Waals surface area contributed by atoms with Gasteiger partial charge in [0.1, 0.15) is 0 Å². The van der Waals surface area contributed by atoms with E-state index in [-0.39, 0.29) is 24.7 Å². The molecule has 2 aliphatic rings. The van der Waals surface area contributed by atoms with Crippen molar-refractivity contribution in [3.63, 3.8) is 0 Å². The summed E-state index contributed by atoms with van der Waals surface area (Å²) in [6, 6.07) is 0. The second-order valence-corrected chi connectivity index (χ2v) is 9.60. The van der Waals surface area contributed by atoms with Crippen molar-refractivity contribution >= 4 is 0 Å². The summed E-state index contributed by atoms with van der Waals surface area (Å²) < 4.78 is 174. The average Bonchev–Trinajstić information content (AvgIpc) is 2.73. The number of hydrogen-bond acceptors (Lipinski definition) is 0. The molecule has 0 aliphatic heterocycles. The van der Waals surface area contributed by atoms with Crippen LogP contribution in [0.25, 0.3) is 0 Å². The first kappa shape index (κ1) is 29.3. The highest BCUT2D eigenvalue weighted by molar-refractivity contribution is 5.11. The van der Waals surface area contributed by atoms with E-state index in [9.17, 15) is 57.1 Å². The highest BCUT2D eigenvalue weighted by Gasteiger charge is 2.91. The van der Waals surface area contributed by atoms with Gasteiger partial charge >= 0.3 is 35.8 Å². The fourth-order valence-electron chi connectivity index (χ4n) is 5.35. The Labute approximate surface area is 188 Å². The van der Waals surface area contributed by atoms with E-state index in [1.807, 2.05) is 6.92 Å². The predicted molar refractivity (Wildman–Crippen MR) is 96.6 cm³/mol. The van der Waals surface area contributed by atoms with Crippen molar-refractivity contribution in [2.24, 2.45) is 23.7 Å². The van der Waals surface area contributed by atoms with E-state index >= 15 is 0 Å². The standard InChI is InChI=1S/C21H27F13/c1-2-3-12-4-6-13(7-5-12)14-8-10-15(11-9-14)16(22,23)17(24,25)18(26,27)19(28,29)20(30,31)21(32,33)34/h12-15H,2-11H2,1H3/t12?,13?,14-,15-. The largest absolute Gasteiger partial charge is 0.460 e. The van der Waals surface area contributed by atoms with Crippen molar-refractivity contribution in [1.82, 2.24) is 0 Å². The third kappa shape index (κ3) is 4.74. The molecule has 2 rings (SSSR count). The van der Waals surface area contributed by atoms with Gasteiger partial charge in [0.25, 0.3) is 0 Å². The summed E-state index contributed by atoms with van der Waals surface area (Å²) >= 11 is 0. The molecule has 2 fully saturated rings. The van der Waals surface area contributed by atoms with E-state index in [1.54, 1.807) is 0 Å². The molecule has 0 amide bonds. The lowest BCUT2D eigenvalue weighted by Gasteiger charge is -2.44. The first-order valence-electron chi connectivity index (χ1n) is 11.2. The fraction of sp³-hybridized carbons (Fsp3) is 1.00. The Morgan fingerprint density at radius 3 is 1.26 bits per heavy atom. The molecule has 2 aliphatic carbocycles. The van der Waals surface area contributed by atoms with Crippen molar-refractivity contribution in [2.75, 3.05) is 0 Å². The van der Waals surface area contributed by atoms with Crippen molar-refractivity contribution in [1.29, 1.82) is 0 Å². The lowest BCUT2D eigenvalue weighted by Crippen LogP contribution is -2.71. The van der Waals surface area contributed by atoms with Crippen molar-refractivity contribution in [2.45, 2.75) is 107 Å². The van der Waals surface area contributed by atoms with Gasteiger partial charge in [-0.3, -0.25) is 0 Å². The molecule has 0 radical (unpaired) electrons. The first-order chi connectivity index (χ1) is 15.3. The van der Waals surface area contributed by atoms with Gasteiger partial charge in [-0.15, -0.1) is 0 Å². The van der Waals surface area contributed by atoms with Crippen LogP contribution in [0, 0.1) is 23.7 Å². The molecule has 202 valence electrons. The van der Waals surface area contributed by atoms with E-state index in [0.29, 0.717) is 5.92 Å². The lowest BCUT2D eigenvalue weighted by molar-refractivity contribution is -0.443. The summed E-state index contributed by atoms with van der Waals surface area (Å²) in [5, 5.41) is 0. The second-order valence-electron chi connectivity index (χ2n) is 9.60. The minimum absolute atomic E-state index is 0.0832. The van der Waals surface area contributed by atoms with Crippen molar-refractivity contribution < 1.29 is 57.1 Å². The maximum absolute atomic E-state index is 14.4. The molecule has 0 atom stereocenters. The van der Waals surface area contributed by atoms with E-state index < -0.39 is 54.5 Å². The molecule has 0 unspecified atom stereocenters. The van der Waals surface area contributed by atoms with Gasteiger partial charge in [-0.1, -0.05) is 32.6 Å². The normalized spacial score (nSPS) is 28.8. The molecule has 0 aromatic heterocycles. The summed E-state index contributed by atoms with van der Waals surface area (Å²) in [6.45, 7) is 2.03. The summed E-state index contributed by atoms with van der Waals surface area (Å²) in [5.74, 6) is -38.4. The maximum atomic E-state index is 14.4. The van der Waals surface area contributed by atoms with E-state index in [4.69, 9.17) is 0 Å². The van der Waals surface area contributed by atoms with Crippen LogP contribution in [-0.4, -0.2) is 35.8 Å². The molecule has 2 saturated carbocycles. The number of alkyl halides is 13. The molecule has 34 heavy (non-hydrogen) atoms. The molecule has 0 bridgehead atoms. The molecule has 0 aromatic rings. The number of rotatable bonds is 8. The van der Waals surface area contributed by atoms with Crippen LogP contribution in [0.3, 0.4) is 0 Å². The molecule has 13 heteroatoms. The second kappa shape index (κ2) is 9.52. The highest BCUT2D eigenvalue weighted by Crippen LogP contribution is 2.62. The lowest BCUT2D eigenvalue weighted by atomic mass is 9.67. The molecule has 0 aromatic carbocycles. The van der Waals surface area contributed by atoms with Gasteiger partial charge in [-0.05, 0) is 56.3 Å². The monoisotopic (exact) mass is 526 g/mol. The third-order valence-electron chi connectivity index (χ3n) is 7.50. The van der Waals surface area contributed by atoms with Crippen molar-refractivity contribution in [3.05, 3.63) is 0 Å². The summed E-state index contributed by atoms with van der Waals surface area (Å²) in [6.07, 6.45) is -3.66. The summed E-state index contributed by atoms with van der Waals surface area (Å²) in [5.41, 5.74) is 0. The summed E-state index contributed by atoms with van der Waals surface area (Å²) in [7, 11) is 0. The van der Waals surface area contributed by atoms with Crippen LogP contribution in [0.5, 0.6) is 0 Å². The molecule has 0 N–H and O–H groups in total. The van der Waals surface area contributed by atoms with Gasteiger partial charge in [0.05, 0.1) is 0 Å². The zero-order valence-corrected chi connectivity index (χ0v) is 18.3. The highest BCUT2D eigenvalue weighted by atomic mass is 19.4. The van der Waals surface area contributed by atoms with Crippen LogP contribution in [0.4, 0.5) is 57.1 Å². The average molecular weight is 526 g/mol. The molecule has 0 spiro atoms. The Balaban J connectivity index is 2.14. The quantitative estimate of drug-likeness (QED) is 0.277. The number of hydrogen-bond donors (Lipinski definition) is 0. The van der Waals surface area contributed by atoms with Crippen LogP contribution >= 0.6 is 0 Å². The van der Waals surface area contributed by atoms with Crippen LogP contribution in [0.1, 0.15) is 71.1 Å². The smallest absolute Gasteiger partial charge is 0.199 e. The predicted octanol–water partition coefficient (Wildman–Crippen LogP) is 9.14. The molecular weight excluding hydrogens is 499 g/mol. The Morgan fingerprint density at radius 1 is 0.500 bits per heavy atom. The molecule has 0 nitrogen and oxygen atoms in total. The van der Waals surface area contributed by atoms with Gasteiger partial charge in [0, 0.05) is 5.92 Å². The Bertz CT molecular complexity index is 667. The molecule has 0 saturated heterocycles. The summed E-state index contributed by atoms with van der Waals surface area (Å²) in [4.78, 5) is 0. The third-order valence-corrected chi connectivity index (χ3v) is 7.50. The Hall–Kier alpha value is -0.910. The van der Waals surface area contributed by atoms with Gasteiger partial charge in [0.2, 0.25) is 0 Å². The van der Waals surface area contributed by atoms with E-state index in [1.165, 1.54) is 0 Å². The maximum Gasteiger partial charge on any atom is 0.460 e. The molecule has 0 heterocycles. The van der Waals surface area contributed by atoms with Gasteiger partial charge in [-0.25, -0.2) is 0 Å². The van der Waals surface area contributed by atoms with E-state index in [0.717, 1.165) is 38.5 Å². The van der Waals surface area contributed by atoms with Gasteiger partial charge < -0.3 is 0 Å². The topological polar surface area (TPSA) is 0 Å². The zero-order chi connectivity index (χ0) is 26.4. The minimum Gasteiger partial charge on any atom is -0.199 e. The van der Waals surface area contributed by atoms with Crippen LogP contribution in [-0.2, 0) is 0 Å². The Kier molecular flexibility index (Phi) is 8.21. The number of halogens is 13. The fourth-order valence-corrected chi connectivity index (χ4v) is 5.35. The first-order valence-corrected chi connectivity index (χ1v) is 11.2. The Morgan fingerprint density at radius 2 is 0.882 bits per heavy atom. The van der Waals surface area contributed by atoms with Gasteiger partial charge in [0.15, 0.2) is 0 Å². The minimum atomic E-state index is -7.82. The zero-order valence-electron chi connectivity index (χ0n) is 18.3. The van der Waals surface area contributed by atoms with Crippen LogP contribution in [0.15, 0.2) is 0 Å². The molecular formula is C21H27F13. The van der Waals surface area contributed by atoms with Crippen LogP contribution in [0.2, 0.25) is 0 Å².